The number of pyridine rings is 1. The fourth-order valence-corrected chi connectivity index (χ4v) is 4.47. The van der Waals surface area contributed by atoms with E-state index in [-0.39, 0.29) is 12.1 Å². The SMILES string of the molecule is CNc1cc(Cl)ncc1-c1nnc(C2CCC(NC(=O)OC(C)(C)C)CC2)s1. The number of alkyl carbamates (subject to hydrolysis) is 1. The van der Waals surface area contributed by atoms with Crippen LogP contribution in [0.4, 0.5) is 10.5 Å². The van der Waals surface area contributed by atoms with Gasteiger partial charge >= 0.3 is 6.09 Å². The van der Waals surface area contributed by atoms with Gasteiger partial charge in [-0.1, -0.05) is 22.9 Å². The minimum absolute atomic E-state index is 0.148. The molecule has 1 aliphatic rings. The van der Waals surface area contributed by atoms with Gasteiger partial charge in [0, 0.05) is 30.9 Å². The predicted molar refractivity (Wildman–Crippen MR) is 112 cm³/mol. The molecule has 9 heteroatoms. The first-order valence-corrected chi connectivity index (χ1v) is 10.6. The van der Waals surface area contributed by atoms with Gasteiger partial charge in [0.05, 0.1) is 5.56 Å². The van der Waals surface area contributed by atoms with Crippen LogP contribution in [-0.4, -0.2) is 40.0 Å². The smallest absolute Gasteiger partial charge is 0.407 e. The maximum atomic E-state index is 11.9. The van der Waals surface area contributed by atoms with Crippen LogP contribution >= 0.6 is 22.9 Å². The van der Waals surface area contributed by atoms with E-state index in [2.05, 4.69) is 25.8 Å². The molecule has 28 heavy (non-hydrogen) atoms. The van der Waals surface area contributed by atoms with Crippen molar-refractivity contribution < 1.29 is 9.53 Å². The van der Waals surface area contributed by atoms with E-state index in [0.717, 1.165) is 46.9 Å². The molecule has 0 saturated heterocycles. The second-order valence-electron chi connectivity index (χ2n) is 7.94. The van der Waals surface area contributed by atoms with Crippen molar-refractivity contribution in [1.82, 2.24) is 20.5 Å². The fourth-order valence-electron chi connectivity index (χ4n) is 3.27. The number of carbonyl (C=O) groups excluding carboxylic acids is 1. The molecular formula is C19H26ClN5O2S. The molecule has 1 aliphatic carbocycles. The normalized spacial score (nSPS) is 19.9. The zero-order valence-corrected chi connectivity index (χ0v) is 18.2. The molecule has 152 valence electrons. The van der Waals surface area contributed by atoms with Gasteiger partial charge < -0.3 is 15.4 Å². The van der Waals surface area contributed by atoms with Crippen LogP contribution in [0.25, 0.3) is 10.6 Å². The van der Waals surface area contributed by atoms with E-state index in [1.807, 2.05) is 27.8 Å². The quantitative estimate of drug-likeness (QED) is 0.683. The summed E-state index contributed by atoms with van der Waals surface area (Å²) >= 11 is 7.57. The second-order valence-corrected chi connectivity index (χ2v) is 9.34. The molecule has 3 rings (SSSR count). The summed E-state index contributed by atoms with van der Waals surface area (Å²) in [6.07, 6.45) is 5.12. The molecule has 0 spiro atoms. The summed E-state index contributed by atoms with van der Waals surface area (Å²) in [5.74, 6) is 0.362. The number of hydrogen-bond acceptors (Lipinski definition) is 7. The van der Waals surface area contributed by atoms with Crippen molar-refractivity contribution in [2.45, 2.75) is 64.0 Å². The van der Waals surface area contributed by atoms with E-state index in [1.54, 1.807) is 23.6 Å². The molecule has 2 aromatic rings. The van der Waals surface area contributed by atoms with Gasteiger partial charge in [0.15, 0.2) is 5.01 Å². The molecule has 7 nitrogen and oxygen atoms in total. The molecule has 1 saturated carbocycles. The van der Waals surface area contributed by atoms with Crippen LogP contribution in [0, 0.1) is 0 Å². The van der Waals surface area contributed by atoms with Crippen LogP contribution in [0.1, 0.15) is 57.4 Å². The highest BCUT2D eigenvalue weighted by atomic mass is 35.5. The van der Waals surface area contributed by atoms with Crippen molar-refractivity contribution in [2.75, 3.05) is 12.4 Å². The zero-order chi connectivity index (χ0) is 20.3. The first-order chi connectivity index (χ1) is 13.2. The number of carbonyl (C=O) groups is 1. The average molecular weight is 424 g/mol. The first kappa shape index (κ1) is 20.8. The number of nitrogens with zero attached hydrogens (tertiary/aromatic N) is 3. The number of anilines is 1. The van der Waals surface area contributed by atoms with Gasteiger partial charge in [0.25, 0.3) is 0 Å². The lowest BCUT2D eigenvalue weighted by molar-refractivity contribution is 0.0491. The Morgan fingerprint density at radius 3 is 2.61 bits per heavy atom. The molecule has 1 fully saturated rings. The third kappa shape index (κ3) is 5.32. The largest absolute Gasteiger partial charge is 0.444 e. The average Bonchev–Trinajstić information content (AvgIpc) is 3.10. The Labute approximate surface area is 174 Å². The number of ether oxygens (including phenoxy) is 1. The lowest BCUT2D eigenvalue weighted by atomic mass is 9.86. The monoisotopic (exact) mass is 423 g/mol. The number of nitrogens with one attached hydrogen (secondary N) is 2. The van der Waals surface area contributed by atoms with Gasteiger partial charge in [0.1, 0.15) is 15.8 Å². The van der Waals surface area contributed by atoms with Crippen LogP contribution in [0.3, 0.4) is 0 Å². The molecule has 0 aromatic carbocycles. The number of halogens is 1. The maximum absolute atomic E-state index is 11.9. The number of aromatic nitrogens is 3. The fraction of sp³-hybridized carbons (Fsp3) is 0.579. The van der Waals surface area contributed by atoms with Gasteiger partial charge in [-0.05, 0) is 52.5 Å². The Morgan fingerprint density at radius 1 is 1.25 bits per heavy atom. The van der Waals surface area contributed by atoms with Crippen molar-refractivity contribution in [3.8, 4) is 10.6 Å². The minimum atomic E-state index is -0.479. The number of amides is 1. The van der Waals surface area contributed by atoms with Crippen molar-refractivity contribution >= 4 is 34.7 Å². The summed E-state index contributed by atoms with van der Waals surface area (Å²) in [5.41, 5.74) is 1.30. The van der Waals surface area contributed by atoms with Crippen LogP contribution < -0.4 is 10.6 Å². The molecule has 1 amide bonds. The van der Waals surface area contributed by atoms with Gasteiger partial charge in [-0.2, -0.15) is 0 Å². The number of hydrogen-bond donors (Lipinski definition) is 2. The van der Waals surface area contributed by atoms with Crippen molar-refractivity contribution in [3.63, 3.8) is 0 Å². The van der Waals surface area contributed by atoms with Crippen LogP contribution in [0.2, 0.25) is 5.15 Å². The lowest BCUT2D eigenvalue weighted by Gasteiger charge is -2.29. The third-order valence-electron chi connectivity index (χ3n) is 4.61. The molecule has 2 heterocycles. The highest BCUT2D eigenvalue weighted by Crippen LogP contribution is 2.38. The highest BCUT2D eigenvalue weighted by molar-refractivity contribution is 7.14. The van der Waals surface area contributed by atoms with Crippen molar-refractivity contribution in [1.29, 1.82) is 0 Å². The minimum Gasteiger partial charge on any atom is -0.444 e. The molecule has 0 aliphatic heterocycles. The maximum Gasteiger partial charge on any atom is 0.407 e. The third-order valence-corrected chi connectivity index (χ3v) is 5.93. The number of rotatable bonds is 4. The summed E-state index contributed by atoms with van der Waals surface area (Å²) in [4.78, 5) is 16.1. The molecule has 0 bridgehead atoms. The topological polar surface area (TPSA) is 89.0 Å². The van der Waals surface area contributed by atoms with Gasteiger partial charge in [0.2, 0.25) is 0 Å². The van der Waals surface area contributed by atoms with Crippen LogP contribution in [-0.2, 0) is 4.74 Å². The van der Waals surface area contributed by atoms with Crippen molar-refractivity contribution in [3.05, 3.63) is 22.4 Å². The van der Waals surface area contributed by atoms with E-state index < -0.39 is 5.60 Å². The predicted octanol–water partition coefficient (Wildman–Crippen LogP) is 4.85. The van der Waals surface area contributed by atoms with Crippen LogP contribution in [0.5, 0.6) is 0 Å². The van der Waals surface area contributed by atoms with E-state index in [4.69, 9.17) is 16.3 Å². The summed E-state index contributed by atoms with van der Waals surface area (Å²) in [6, 6.07) is 1.93. The van der Waals surface area contributed by atoms with Gasteiger partial charge in [-0.25, -0.2) is 9.78 Å². The molecule has 2 aromatic heterocycles. The molecular weight excluding hydrogens is 398 g/mol. The van der Waals surface area contributed by atoms with E-state index in [9.17, 15) is 4.79 Å². The Kier molecular flexibility index (Phi) is 6.40. The Bertz CT molecular complexity index is 828. The summed E-state index contributed by atoms with van der Waals surface area (Å²) in [7, 11) is 1.84. The first-order valence-electron chi connectivity index (χ1n) is 9.41. The second kappa shape index (κ2) is 8.61. The van der Waals surface area contributed by atoms with Gasteiger partial charge in [-0.15, -0.1) is 10.2 Å². The van der Waals surface area contributed by atoms with E-state index in [0.29, 0.717) is 11.1 Å². The van der Waals surface area contributed by atoms with E-state index >= 15 is 0 Å². The van der Waals surface area contributed by atoms with Crippen LogP contribution in [0.15, 0.2) is 12.3 Å². The van der Waals surface area contributed by atoms with Crippen molar-refractivity contribution in [2.24, 2.45) is 0 Å². The molecule has 0 atom stereocenters. The summed E-state index contributed by atoms with van der Waals surface area (Å²) < 4.78 is 5.34. The Balaban J connectivity index is 1.60. The Hall–Kier alpha value is -1.93. The standard InChI is InChI=1S/C19H26ClN5O2S/c1-19(2,3)27-18(26)23-12-7-5-11(6-8-12)16-24-25-17(28-16)13-10-22-15(20)9-14(13)21-4/h9-12H,5-8H2,1-4H3,(H,21,22)(H,23,26). The molecule has 2 N–H and O–H groups in total. The van der Waals surface area contributed by atoms with E-state index in [1.165, 1.54) is 0 Å². The molecule has 0 unspecified atom stereocenters. The highest BCUT2D eigenvalue weighted by Gasteiger charge is 2.27. The Morgan fingerprint density at radius 2 is 1.96 bits per heavy atom. The summed E-state index contributed by atoms with van der Waals surface area (Å²) in [6.45, 7) is 5.60. The summed E-state index contributed by atoms with van der Waals surface area (Å²) in [5, 5.41) is 17.2. The van der Waals surface area contributed by atoms with Gasteiger partial charge in [-0.3, -0.25) is 0 Å². The zero-order valence-electron chi connectivity index (χ0n) is 16.6. The molecule has 0 radical (unpaired) electrons. The lowest BCUT2D eigenvalue weighted by Crippen LogP contribution is -2.40.